The van der Waals surface area contributed by atoms with Crippen molar-refractivity contribution in [2.45, 2.75) is 65.0 Å². The number of likely N-dealkylation sites (N-methyl/N-ethyl adjacent to an activating group) is 2. The normalized spacial score (nSPS) is 31.7. The fraction of sp³-hybridized carbons (Fsp3) is 1.00. The number of piperidine rings is 1. The van der Waals surface area contributed by atoms with Gasteiger partial charge in [0.25, 0.3) is 0 Å². The van der Waals surface area contributed by atoms with Crippen LogP contribution in [-0.2, 0) is 0 Å². The lowest BCUT2D eigenvalue weighted by atomic mass is 9.70. The summed E-state index contributed by atoms with van der Waals surface area (Å²) in [6.45, 7) is 12.1. The van der Waals surface area contributed by atoms with E-state index >= 15 is 0 Å². The summed E-state index contributed by atoms with van der Waals surface area (Å²) in [5.74, 6) is 0.901. The Morgan fingerprint density at radius 3 is 2.48 bits per heavy atom. The maximum atomic E-state index is 3.80. The van der Waals surface area contributed by atoms with Crippen LogP contribution in [0.3, 0.4) is 0 Å². The second kappa shape index (κ2) is 7.43. The Kier molecular flexibility index (Phi) is 6.10. The van der Waals surface area contributed by atoms with E-state index in [9.17, 15) is 0 Å². The fourth-order valence-corrected chi connectivity index (χ4v) is 4.50. The number of hydrogen-bond acceptors (Lipinski definition) is 3. The molecular weight excluding hydrogens is 258 g/mol. The summed E-state index contributed by atoms with van der Waals surface area (Å²) in [5, 5.41) is 3.80. The van der Waals surface area contributed by atoms with Crippen LogP contribution in [0.2, 0.25) is 0 Å². The van der Waals surface area contributed by atoms with Crippen molar-refractivity contribution in [3.8, 4) is 0 Å². The van der Waals surface area contributed by atoms with E-state index in [2.05, 4.69) is 50.0 Å². The molecule has 21 heavy (non-hydrogen) atoms. The van der Waals surface area contributed by atoms with Crippen molar-refractivity contribution in [2.75, 3.05) is 40.3 Å². The molecular formula is C18H37N3. The lowest BCUT2D eigenvalue weighted by Gasteiger charge is -2.48. The number of nitrogens with one attached hydrogen (secondary N) is 1. The largest absolute Gasteiger partial charge is 0.312 e. The van der Waals surface area contributed by atoms with Crippen LogP contribution in [0.1, 0.15) is 52.9 Å². The summed E-state index contributed by atoms with van der Waals surface area (Å²) in [4.78, 5) is 5.16. The van der Waals surface area contributed by atoms with Gasteiger partial charge in [-0.3, -0.25) is 0 Å². The Bertz CT molecular complexity index is 308. The molecule has 0 aromatic carbocycles. The highest BCUT2D eigenvalue weighted by Gasteiger charge is 2.40. The summed E-state index contributed by atoms with van der Waals surface area (Å²) < 4.78 is 0. The minimum absolute atomic E-state index is 0.431. The zero-order valence-electron chi connectivity index (χ0n) is 15.0. The van der Waals surface area contributed by atoms with Crippen molar-refractivity contribution in [1.29, 1.82) is 0 Å². The molecule has 1 N–H and O–H groups in total. The van der Waals surface area contributed by atoms with E-state index in [0.29, 0.717) is 17.5 Å². The molecule has 0 bridgehead atoms. The van der Waals surface area contributed by atoms with Crippen LogP contribution in [0.25, 0.3) is 0 Å². The third kappa shape index (κ3) is 4.43. The van der Waals surface area contributed by atoms with E-state index in [0.717, 1.165) is 12.5 Å². The molecule has 2 atom stereocenters. The van der Waals surface area contributed by atoms with Gasteiger partial charge in [0.2, 0.25) is 0 Å². The maximum Gasteiger partial charge on any atom is 0.0274 e. The van der Waals surface area contributed by atoms with Gasteiger partial charge in [0, 0.05) is 18.6 Å². The quantitative estimate of drug-likeness (QED) is 0.841. The van der Waals surface area contributed by atoms with Crippen LogP contribution in [0, 0.1) is 11.3 Å². The molecule has 2 aliphatic rings. The average Bonchev–Trinajstić information content (AvgIpc) is 2.43. The molecule has 0 aromatic heterocycles. The Balaban J connectivity index is 1.94. The molecule has 0 radical (unpaired) electrons. The van der Waals surface area contributed by atoms with E-state index in [1.807, 2.05) is 0 Å². The lowest BCUT2D eigenvalue weighted by molar-refractivity contribution is 0.0485. The Morgan fingerprint density at radius 1 is 1.19 bits per heavy atom. The highest BCUT2D eigenvalue weighted by atomic mass is 15.2. The molecule has 2 rings (SSSR count). The first-order chi connectivity index (χ1) is 9.94. The van der Waals surface area contributed by atoms with Crippen LogP contribution in [0.4, 0.5) is 0 Å². The van der Waals surface area contributed by atoms with E-state index in [1.54, 1.807) is 0 Å². The van der Waals surface area contributed by atoms with Gasteiger partial charge in [0.1, 0.15) is 0 Å². The highest BCUT2D eigenvalue weighted by Crippen LogP contribution is 2.38. The highest BCUT2D eigenvalue weighted by molar-refractivity contribution is 4.97. The van der Waals surface area contributed by atoms with Gasteiger partial charge < -0.3 is 15.1 Å². The van der Waals surface area contributed by atoms with Gasteiger partial charge in [-0.1, -0.05) is 27.2 Å². The zero-order valence-corrected chi connectivity index (χ0v) is 15.0. The first-order valence-corrected chi connectivity index (χ1v) is 9.06. The van der Waals surface area contributed by atoms with Crippen molar-refractivity contribution in [2.24, 2.45) is 11.3 Å². The third-order valence-corrected chi connectivity index (χ3v) is 5.92. The minimum atomic E-state index is 0.431. The van der Waals surface area contributed by atoms with E-state index in [1.165, 1.54) is 51.7 Å². The van der Waals surface area contributed by atoms with Crippen LogP contribution >= 0.6 is 0 Å². The van der Waals surface area contributed by atoms with Crippen LogP contribution in [0.15, 0.2) is 0 Å². The number of rotatable bonds is 5. The minimum Gasteiger partial charge on any atom is -0.312 e. The molecule has 1 heterocycles. The Labute approximate surface area is 132 Å². The molecule has 0 spiro atoms. The van der Waals surface area contributed by atoms with Crippen molar-refractivity contribution in [3.63, 3.8) is 0 Å². The van der Waals surface area contributed by atoms with Gasteiger partial charge in [-0.2, -0.15) is 0 Å². The van der Waals surface area contributed by atoms with Gasteiger partial charge in [0.15, 0.2) is 0 Å². The third-order valence-electron chi connectivity index (χ3n) is 5.92. The molecule has 1 aliphatic carbocycles. The second-order valence-electron chi connectivity index (χ2n) is 8.17. The van der Waals surface area contributed by atoms with Gasteiger partial charge >= 0.3 is 0 Å². The summed E-state index contributed by atoms with van der Waals surface area (Å²) in [5.41, 5.74) is 0.431. The van der Waals surface area contributed by atoms with Crippen molar-refractivity contribution in [1.82, 2.24) is 15.1 Å². The molecule has 3 heteroatoms. The molecule has 0 aromatic rings. The number of nitrogens with zero attached hydrogens (tertiary/aromatic N) is 2. The number of likely N-dealkylation sites (tertiary alicyclic amines) is 1. The Hall–Kier alpha value is -0.120. The smallest absolute Gasteiger partial charge is 0.0274 e. The molecule has 1 saturated heterocycles. The van der Waals surface area contributed by atoms with Gasteiger partial charge in [0.05, 0.1) is 0 Å². The van der Waals surface area contributed by atoms with Crippen molar-refractivity contribution < 1.29 is 0 Å². The first-order valence-electron chi connectivity index (χ1n) is 9.06. The second-order valence-corrected chi connectivity index (χ2v) is 8.17. The molecule has 0 amide bonds. The standard InChI is InChI=1S/C18H37N3/c1-6-19-17-16(8-7-11-18(17,2)3)21(5)14-15-9-12-20(4)13-10-15/h15-17,19H,6-14H2,1-5H3. The predicted molar refractivity (Wildman–Crippen MR) is 91.7 cm³/mol. The van der Waals surface area contributed by atoms with Crippen LogP contribution < -0.4 is 5.32 Å². The topological polar surface area (TPSA) is 18.5 Å². The average molecular weight is 296 g/mol. The lowest BCUT2D eigenvalue weighted by Crippen LogP contribution is -2.58. The first kappa shape index (κ1) is 17.2. The molecule has 2 fully saturated rings. The van der Waals surface area contributed by atoms with E-state index in [-0.39, 0.29) is 0 Å². The monoisotopic (exact) mass is 295 g/mol. The van der Waals surface area contributed by atoms with Gasteiger partial charge in [-0.05, 0) is 70.7 Å². The molecule has 2 unspecified atom stereocenters. The molecule has 124 valence electrons. The predicted octanol–water partition coefficient (Wildman–Crippen LogP) is 2.82. The molecule has 1 aliphatic heterocycles. The molecule has 1 saturated carbocycles. The summed E-state index contributed by atoms with van der Waals surface area (Å²) in [6, 6.07) is 1.36. The van der Waals surface area contributed by atoms with Crippen molar-refractivity contribution in [3.05, 3.63) is 0 Å². The molecule has 3 nitrogen and oxygen atoms in total. The van der Waals surface area contributed by atoms with Gasteiger partial charge in [-0.25, -0.2) is 0 Å². The zero-order chi connectivity index (χ0) is 15.5. The van der Waals surface area contributed by atoms with Crippen molar-refractivity contribution >= 4 is 0 Å². The van der Waals surface area contributed by atoms with E-state index < -0.39 is 0 Å². The SMILES string of the molecule is CCNC1C(N(C)CC2CCN(C)CC2)CCCC1(C)C. The summed E-state index contributed by atoms with van der Waals surface area (Å²) in [7, 11) is 4.62. The van der Waals surface area contributed by atoms with Crippen LogP contribution in [-0.4, -0.2) is 62.2 Å². The fourth-order valence-electron chi connectivity index (χ4n) is 4.50. The Morgan fingerprint density at radius 2 is 1.86 bits per heavy atom. The maximum absolute atomic E-state index is 3.80. The van der Waals surface area contributed by atoms with Crippen LogP contribution in [0.5, 0.6) is 0 Å². The summed E-state index contributed by atoms with van der Waals surface area (Å²) >= 11 is 0. The van der Waals surface area contributed by atoms with Gasteiger partial charge in [-0.15, -0.1) is 0 Å². The van der Waals surface area contributed by atoms with E-state index in [4.69, 9.17) is 0 Å². The number of hydrogen-bond donors (Lipinski definition) is 1. The summed E-state index contributed by atoms with van der Waals surface area (Å²) in [6.07, 6.45) is 6.87.